The van der Waals surface area contributed by atoms with Crippen LogP contribution in [0.3, 0.4) is 0 Å². The predicted octanol–water partition coefficient (Wildman–Crippen LogP) is 4.01. The van der Waals surface area contributed by atoms with E-state index < -0.39 is 5.60 Å². The molecule has 1 heterocycles. The molecule has 3 atom stereocenters. The second-order valence-electron chi connectivity index (χ2n) is 5.28. The van der Waals surface area contributed by atoms with E-state index in [1.54, 1.807) is 0 Å². The van der Waals surface area contributed by atoms with E-state index in [4.69, 9.17) is 4.74 Å². The van der Waals surface area contributed by atoms with Gasteiger partial charge >= 0.3 is 0 Å². The Balaban J connectivity index is 2.32. The summed E-state index contributed by atoms with van der Waals surface area (Å²) in [6.45, 7) is 7.98. The van der Waals surface area contributed by atoms with Crippen molar-refractivity contribution in [2.75, 3.05) is 0 Å². The topological polar surface area (TPSA) is 33.0 Å². The Hall–Kier alpha value is -1.59. The molecule has 1 fully saturated rings. The average Bonchev–Trinajstić information content (AvgIpc) is 2.39. The van der Waals surface area contributed by atoms with Gasteiger partial charge in [-0.1, -0.05) is 42.5 Å². The van der Waals surface area contributed by atoms with E-state index in [1.165, 1.54) is 0 Å². The summed E-state index contributed by atoms with van der Waals surface area (Å²) in [4.78, 5) is 0. The van der Waals surface area contributed by atoms with E-state index in [2.05, 4.69) is 24.8 Å². The Morgan fingerprint density at radius 3 is 2.67 bits per heavy atom. The molecule has 2 rings (SSSR count). The minimum Gasteiger partial charge on any atom is -0.352 e. The van der Waals surface area contributed by atoms with E-state index in [1.807, 2.05) is 32.0 Å². The fourth-order valence-electron chi connectivity index (χ4n) is 2.53. The normalized spacial score (nSPS) is 31.6. The first-order chi connectivity index (χ1) is 8.56. The Labute approximate surface area is 109 Å². The molecule has 0 bridgehead atoms. The molecule has 0 aliphatic carbocycles. The minimum atomic E-state index is -0.674. The van der Waals surface area contributed by atoms with Crippen LogP contribution in [0.25, 0.3) is 0 Å². The summed E-state index contributed by atoms with van der Waals surface area (Å²) in [5.41, 5.74) is 1.59. The molecule has 2 heteroatoms. The van der Waals surface area contributed by atoms with Gasteiger partial charge in [0.2, 0.25) is 0 Å². The molecule has 1 saturated heterocycles. The molecule has 0 saturated carbocycles. The molecular weight excluding hydrogens is 222 g/mol. The lowest BCUT2D eigenvalue weighted by atomic mass is 9.80. The van der Waals surface area contributed by atoms with Crippen molar-refractivity contribution in [2.45, 2.75) is 38.4 Å². The lowest BCUT2D eigenvalue weighted by Crippen LogP contribution is -2.37. The molecule has 2 nitrogen and oxygen atoms in total. The molecule has 1 aliphatic heterocycles. The van der Waals surface area contributed by atoms with Gasteiger partial charge in [0.1, 0.15) is 0 Å². The quantitative estimate of drug-likeness (QED) is 0.733. The van der Waals surface area contributed by atoms with Crippen molar-refractivity contribution >= 4 is 0 Å². The fourth-order valence-corrected chi connectivity index (χ4v) is 2.53. The van der Waals surface area contributed by atoms with Gasteiger partial charge in [-0.15, -0.1) is 0 Å². The molecule has 1 aromatic rings. The number of hydrogen-bond acceptors (Lipinski definition) is 2. The standard InChI is InChI=1S/C16H19NO/c1-12(2)14-9-10-16(3,11-17)18-15(14)13-7-5-4-6-8-13/h4-8,14-15H,1,9-10H2,2-3H3/t14-,15-,16+/m0/s1. The Morgan fingerprint density at radius 1 is 1.44 bits per heavy atom. The van der Waals surface area contributed by atoms with Gasteiger partial charge in [0.15, 0.2) is 5.60 Å². The highest BCUT2D eigenvalue weighted by molar-refractivity contribution is 5.23. The summed E-state index contributed by atoms with van der Waals surface area (Å²) in [6, 6.07) is 12.4. The SMILES string of the molecule is C=C(C)[C@@H]1CC[C@](C)(C#N)O[C@H]1c1ccccc1. The molecule has 1 aromatic carbocycles. The molecule has 0 amide bonds. The van der Waals surface area contributed by atoms with Gasteiger partial charge in [-0.05, 0) is 32.3 Å². The number of hydrogen-bond donors (Lipinski definition) is 0. The van der Waals surface area contributed by atoms with E-state index in [0.29, 0.717) is 5.92 Å². The maximum absolute atomic E-state index is 9.24. The summed E-state index contributed by atoms with van der Waals surface area (Å²) in [5, 5.41) is 9.24. The number of nitrogens with zero attached hydrogens (tertiary/aromatic N) is 1. The second kappa shape index (κ2) is 4.96. The summed E-state index contributed by atoms with van der Waals surface area (Å²) in [5.74, 6) is 0.300. The molecule has 0 aromatic heterocycles. The van der Waals surface area contributed by atoms with Gasteiger partial charge < -0.3 is 4.74 Å². The van der Waals surface area contributed by atoms with Crippen molar-refractivity contribution in [1.82, 2.24) is 0 Å². The molecule has 94 valence electrons. The number of ether oxygens (including phenoxy) is 1. The average molecular weight is 241 g/mol. The van der Waals surface area contributed by atoms with Gasteiger partial charge in [0, 0.05) is 5.92 Å². The van der Waals surface area contributed by atoms with Crippen LogP contribution in [0, 0.1) is 17.2 Å². The van der Waals surface area contributed by atoms with Crippen molar-refractivity contribution in [2.24, 2.45) is 5.92 Å². The second-order valence-corrected chi connectivity index (χ2v) is 5.28. The lowest BCUT2D eigenvalue weighted by Gasteiger charge is -2.40. The number of rotatable bonds is 2. The van der Waals surface area contributed by atoms with Gasteiger partial charge in [-0.25, -0.2) is 0 Å². The van der Waals surface area contributed by atoms with Crippen molar-refractivity contribution < 1.29 is 4.74 Å². The van der Waals surface area contributed by atoms with E-state index in [-0.39, 0.29) is 6.10 Å². The molecule has 0 N–H and O–H groups in total. The van der Waals surface area contributed by atoms with Crippen LogP contribution in [0.4, 0.5) is 0 Å². The van der Waals surface area contributed by atoms with Crippen LogP contribution in [-0.4, -0.2) is 5.60 Å². The molecule has 0 spiro atoms. The zero-order valence-electron chi connectivity index (χ0n) is 11.0. The Kier molecular flexibility index (Phi) is 3.54. The smallest absolute Gasteiger partial charge is 0.152 e. The summed E-state index contributed by atoms with van der Waals surface area (Å²) >= 11 is 0. The minimum absolute atomic E-state index is 0.0536. The highest BCUT2D eigenvalue weighted by Gasteiger charge is 2.39. The predicted molar refractivity (Wildman–Crippen MR) is 71.8 cm³/mol. The fraction of sp³-hybridized carbons (Fsp3) is 0.438. The van der Waals surface area contributed by atoms with Crippen LogP contribution in [0.5, 0.6) is 0 Å². The Morgan fingerprint density at radius 2 is 2.11 bits per heavy atom. The highest BCUT2D eigenvalue weighted by Crippen LogP contribution is 2.43. The number of nitriles is 1. The van der Waals surface area contributed by atoms with Gasteiger partial charge in [-0.2, -0.15) is 5.26 Å². The molecule has 0 unspecified atom stereocenters. The first-order valence-corrected chi connectivity index (χ1v) is 6.35. The monoisotopic (exact) mass is 241 g/mol. The zero-order chi connectivity index (χ0) is 13.2. The lowest BCUT2D eigenvalue weighted by molar-refractivity contribution is -0.108. The van der Waals surface area contributed by atoms with Crippen molar-refractivity contribution in [3.63, 3.8) is 0 Å². The van der Waals surface area contributed by atoms with Gasteiger partial charge in [0.05, 0.1) is 12.2 Å². The van der Waals surface area contributed by atoms with E-state index in [0.717, 1.165) is 24.0 Å². The zero-order valence-corrected chi connectivity index (χ0v) is 11.0. The van der Waals surface area contributed by atoms with Gasteiger partial charge in [-0.3, -0.25) is 0 Å². The van der Waals surface area contributed by atoms with Crippen LogP contribution in [0.1, 0.15) is 38.4 Å². The first kappa shape index (κ1) is 12.9. The highest BCUT2D eigenvalue weighted by atomic mass is 16.5. The summed E-state index contributed by atoms with van der Waals surface area (Å²) < 4.78 is 6.06. The van der Waals surface area contributed by atoms with Crippen molar-refractivity contribution in [3.8, 4) is 6.07 Å². The van der Waals surface area contributed by atoms with E-state index in [9.17, 15) is 5.26 Å². The maximum atomic E-state index is 9.24. The summed E-state index contributed by atoms with van der Waals surface area (Å²) in [6.07, 6.45) is 1.67. The molecule has 18 heavy (non-hydrogen) atoms. The number of benzene rings is 1. The largest absolute Gasteiger partial charge is 0.352 e. The maximum Gasteiger partial charge on any atom is 0.152 e. The van der Waals surface area contributed by atoms with Crippen LogP contribution in [-0.2, 0) is 4.74 Å². The third-order valence-electron chi connectivity index (χ3n) is 3.68. The summed E-state index contributed by atoms with van der Waals surface area (Å²) in [7, 11) is 0. The van der Waals surface area contributed by atoms with Crippen LogP contribution >= 0.6 is 0 Å². The first-order valence-electron chi connectivity index (χ1n) is 6.35. The van der Waals surface area contributed by atoms with Crippen molar-refractivity contribution in [3.05, 3.63) is 48.0 Å². The molecular formula is C16H19NO. The third kappa shape index (κ3) is 2.47. The van der Waals surface area contributed by atoms with Crippen LogP contribution < -0.4 is 0 Å². The molecule has 1 aliphatic rings. The molecule has 0 radical (unpaired) electrons. The third-order valence-corrected chi connectivity index (χ3v) is 3.68. The van der Waals surface area contributed by atoms with Gasteiger partial charge in [0.25, 0.3) is 0 Å². The van der Waals surface area contributed by atoms with Crippen LogP contribution in [0.2, 0.25) is 0 Å². The Bertz CT molecular complexity index is 474. The van der Waals surface area contributed by atoms with Crippen molar-refractivity contribution in [1.29, 1.82) is 5.26 Å². The van der Waals surface area contributed by atoms with Crippen LogP contribution in [0.15, 0.2) is 42.5 Å². The van der Waals surface area contributed by atoms with E-state index >= 15 is 0 Å².